The van der Waals surface area contributed by atoms with Crippen LogP contribution in [0.3, 0.4) is 0 Å². The van der Waals surface area contributed by atoms with Gasteiger partial charge in [-0.15, -0.1) is 0 Å². The molecule has 2 heterocycles. The molecule has 2 rings (SSSR count). The second-order valence-corrected chi connectivity index (χ2v) is 5.17. The number of carbonyl (C=O) groups is 3. The molecular formula is C16H22N2O7. The van der Waals surface area contributed by atoms with E-state index in [2.05, 4.69) is 9.88 Å². The molecule has 0 unspecified atom stereocenters. The van der Waals surface area contributed by atoms with Gasteiger partial charge < -0.3 is 24.6 Å². The number of carboxylic acid groups (broad SMARTS) is 2. The monoisotopic (exact) mass is 354 g/mol. The fourth-order valence-electron chi connectivity index (χ4n) is 2.32. The van der Waals surface area contributed by atoms with Crippen molar-refractivity contribution in [3.8, 4) is 0 Å². The van der Waals surface area contributed by atoms with E-state index in [-0.39, 0.29) is 5.97 Å². The van der Waals surface area contributed by atoms with Crippen molar-refractivity contribution in [1.29, 1.82) is 0 Å². The summed E-state index contributed by atoms with van der Waals surface area (Å²) in [5, 5.41) is 14.8. The lowest BCUT2D eigenvalue weighted by Gasteiger charge is -2.30. The van der Waals surface area contributed by atoms with Gasteiger partial charge in [-0.2, -0.15) is 0 Å². The average molecular weight is 354 g/mol. The highest BCUT2D eigenvalue weighted by Gasteiger charge is 2.22. The molecule has 1 aliphatic rings. The van der Waals surface area contributed by atoms with Crippen molar-refractivity contribution < 1.29 is 34.1 Å². The zero-order valence-corrected chi connectivity index (χ0v) is 14.4. The van der Waals surface area contributed by atoms with E-state index in [1.807, 2.05) is 26.8 Å². The molecule has 1 aromatic rings. The summed E-state index contributed by atoms with van der Waals surface area (Å²) in [4.78, 5) is 36.9. The van der Waals surface area contributed by atoms with E-state index in [1.54, 1.807) is 0 Å². The van der Waals surface area contributed by atoms with Crippen LogP contribution in [0.25, 0.3) is 0 Å². The van der Waals surface area contributed by atoms with Crippen LogP contribution in [0.4, 0.5) is 5.69 Å². The lowest BCUT2D eigenvalue weighted by atomic mass is 10.1. The summed E-state index contributed by atoms with van der Waals surface area (Å²) < 4.78 is 10.5. The smallest absolute Gasteiger partial charge is 0.414 e. The second kappa shape index (κ2) is 9.58. The number of nitrogens with zero attached hydrogens (tertiary/aromatic N) is 2. The Bertz CT molecular complexity index is 628. The van der Waals surface area contributed by atoms with Gasteiger partial charge in [0.1, 0.15) is 5.56 Å². The number of hydrogen-bond donors (Lipinski definition) is 2. The fraction of sp³-hybridized carbons (Fsp3) is 0.500. The van der Waals surface area contributed by atoms with Gasteiger partial charge >= 0.3 is 17.9 Å². The largest absolute Gasteiger partial charge is 0.473 e. The van der Waals surface area contributed by atoms with E-state index in [0.717, 1.165) is 30.2 Å². The molecule has 138 valence electrons. The van der Waals surface area contributed by atoms with Crippen molar-refractivity contribution in [3.05, 3.63) is 23.0 Å². The van der Waals surface area contributed by atoms with E-state index >= 15 is 0 Å². The van der Waals surface area contributed by atoms with Crippen molar-refractivity contribution in [3.63, 3.8) is 0 Å². The summed E-state index contributed by atoms with van der Waals surface area (Å²) in [6.07, 6.45) is 0. The first-order valence-electron chi connectivity index (χ1n) is 7.72. The number of aromatic nitrogens is 1. The van der Waals surface area contributed by atoms with Gasteiger partial charge in [0.05, 0.1) is 31.2 Å². The number of pyridine rings is 1. The quantitative estimate of drug-likeness (QED) is 0.600. The molecule has 0 saturated carbocycles. The standard InChI is InChI=1S/C14H20N2O3.C2H2O4/c1-4-19-14(17)13-11(3)15-10(2)9-12(13)16-5-7-18-8-6-16;3-1(4)2(5)6/h9H,4-8H2,1-3H3;(H,3,4)(H,5,6). The highest BCUT2D eigenvalue weighted by Crippen LogP contribution is 2.25. The van der Waals surface area contributed by atoms with Gasteiger partial charge in [-0.3, -0.25) is 4.98 Å². The van der Waals surface area contributed by atoms with Gasteiger partial charge in [0.2, 0.25) is 0 Å². The van der Waals surface area contributed by atoms with Crippen LogP contribution in [0.15, 0.2) is 6.07 Å². The van der Waals surface area contributed by atoms with Crippen molar-refractivity contribution in [2.24, 2.45) is 0 Å². The molecule has 0 atom stereocenters. The second-order valence-electron chi connectivity index (χ2n) is 5.17. The van der Waals surface area contributed by atoms with Gasteiger partial charge in [0.25, 0.3) is 0 Å². The van der Waals surface area contributed by atoms with E-state index in [9.17, 15) is 4.79 Å². The predicted molar refractivity (Wildman–Crippen MR) is 88.0 cm³/mol. The van der Waals surface area contributed by atoms with E-state index in [1.165, 1.54) is 0 Å². The number of aliphatic carboxylic acids is 2. The van der Waals surface area contributed by atoms with Crippen molar-refractivity contribution in [2.75, 3.05) is 37.8 Å². The Morgan fingerprint density at radius 2 is 1.76 bits per heavy atom. The molecule has 0 aromatic carbocycles. The number of morpholine rings is 1. The Labute approximate surface area is 145 Å². The molecule has 0 spiro atoms. The van der Waals surface area contributed by atoms with Crippen molar-refractivity contribution in [1.82, 2.24) is 4.98 Å². The Kier molecular flexibility index (Phi) is 7.80. The Balaban J connectivity index is 0.000000450. The molecule has 1 aromatic heterocycles. The lowest BCUT2D eigenvalue weighted by Crippen LogP contribution is -2.37. The van der Waals surface area contributed by atoms with Gasteiger partial charge in [-0.1, -0.05) is 0 Å². The minimum Gasteiger partial charge on any atom is -0.473 e. The van der Waals surface area contributed by atoms with Gasteiger partial charge in [-0.05, 0) is 26.8 Å². The van der Waals surface area contributed by atoms with Gasteiger partial charge in [-0.25, -0.2) is 14.4 Å². The van der Waals surface area contributed by atoms with Crippen LogP contribution in [0, 0.1) is 13.8 Å². The summed E-state index contributed by atoms with van der Waals surface area (Å²) in [6, 6.07) is 1.95. The maximum Gasteiger partial charge on any atom is 0.414 e. The summed E-state index contributed by atoms with van der Waals surface area (Å²) >= 11 is 0. The summed E-state index contributed by atoms with van der Waals surface area (Å²) in [6.45, 7) is 8.91. The zero-order valence-electron chi connectivity index (χ0n) is 14.4. The SMILES string of the molecule is CCOC(=O)c1c(N2CCOCC2)cc(C)nc1C.O=C(O)C(=O)O. The number of esters is 1. The Hall–Kier alpha value is -2.68. The molecule has 25 heavy (non-hydrogen) atoms. The minimum absolute atomic E-state index is 0.297. The topological polar surface area (TPSA) is 126 Å². The minimum atomic E-state index is -1.82. The molecule has 0 radical (unpaired) electrons. The normalized spacial score (nSPS) is 13.5. The van der Waals surface area contributed by atoms with E-state index < -0.39 is 11.9 Å². The summed E-state index contributed by atoms with van der Waals surface area (Å²) in [7, 11) is 0. The number of ether oxygens (including phenoxy) is 2. The summed E-state index contributed by atoms with van der Waals surface area (Å²) in [5.74, 6) is -3.95. The molecule has 1 fully saturated rings. The van der Waals surface area contributed by atoms with Gasteiger partial charge in [0.15, 0.2) is 0 Å². The first-order valence-corrected chi connectivity index (χ1v) is 7.72. The maximum absolute atomic E-state index is 12.1. The van der Waals surface area contributed by atoms with Crippen LogP contribution in [0.2, 0.25) is 0 Å². The van der Waals surface area contributed by atoms with Crippen LogP contribution in [0.5, 0.6) is 0 Å². The number of carbonyl (C=O) groups excluding carboxylic acids is 1. The third-order valence-electron chi connectivity index (χ3n) is 3.32. The molecule has 9 heteroatoms. The Morgan fingerprint density at radius 1 is 1.20 bits per heavy atom. The highest BCUT2D eigenvalue weighted by molar-refractivity contribution is 6.27. The Morgan fingerprint density at radius 3 is 2.24 bits per heavy atom. The highest BCUT2D eigenvalue weighted by atomic mass is 16.5. The lowest BCUT2D eigenvalue weighted by molar-refractivity contribution is -0.159. The van der Waals surface area contributed by atoms with Gasteiger partial charge in [0, 0.05) is 18.8 Å². The first kappa shape index (κ1) is 20.4. The zero-order chi connectivity index (χ0) is 19.0. The third kappa shape index (κ3) is 6.03. The summed E-state index contributed by atoms with van der Waals surface area (Å²) in [5.41, 5.74) is 3.12. The third-order valence-corrected chi connectivity index (χ3v) is 3.32. The first-order chi connectivity index (χ1) is 11.8. The molecular weight excluding hydrogens is 332 g/mol. The van der Waals surface area contributed by atoms with Crippen LogP contribution >= 0.6 is 0 Å². The molecule has 2 N–H and O–H groups in total. The van der Waals surface area contributed by atoms with Crippen LogP contribution < -0.4 is 4.90 Å². The molecule has 1 aliphatic heterocycles. The van der Waals surface area contributed by atoms with E-state index in [4.69, 9.17) is 29.3 Å². The molecule has 0 amide bonds. The maximum atomic E-state index is 12.1. The molecule has 9 nitrogen and oxygen atoms in total. The van der Waals surface area contributed by atoms with E-state index in [0.29, 0.717) is 25.4 Å². The predicted octanol–water partition coefficient (Wildman–Crippen LogP) is 0.867. The van der Waals surface area contributed by atoms with Crippen LogP contribution in [0.1, 0.15) is 28.7 Å². The average Bonchev–Trinajstić information content (AvgIpc) is 2.55. The fourth-order valence-corrected chi connectivity index (χ4v) is 2.32. The van der Waals surface area contributed by atoms with Crippen molar-refractivity contribution >= 4 is 23.6 Å². The van der Waals surface area contributed by atoms with Crippen molar-refractivity contribution in [2.45, 2.75) is 20.8 Å². The molecule has 1 saturated heterocycles. The number of anilines is 1. The number of hydrogen-bond acceptors (Lipinski definition) is 7. The molecule has 0 aliphatic carbocycles. The van der Waals surface area contributed by atoms with Crippen LogP contribution in [-0.2, 0) is 19.1 Å². The molecule has 0 bridgehead atoms. The van der Waals surface area contributed by atoms with Crippen LogP contribution in [-0.4, -0.2) is 66.0 Å². The number of rotatable bonds is 3. The number of carboxylic acids is 2. The number of aryl methyl sites for hydroxylation is 2.